The van der Waals surface area contributed by atoms with Crippen LogP contribution in [0, 0.1) is 0 Å². The van der Waals surface area contributed by atoms with E-state index in [1.54, 1.807) is 0 Å². The first-order valence-electron chi connectivity index (χ1n) is 11.6. The van der Waals surface area contributed by atoms with Gasteiger partial charge in [0.15, 0.2) is 0 Å². The molecule has 5 rings (SSSR count). The van der Waals surface area contributed by atoms with Gasteiger partial charge in [0.25, 0.3) is 11.8 Å². The lowest BCUT2D eigenvalue weighted by Crippen LogP contribution is -2.47. The molecule has 2 heterocycles. The first-order chi connectivity index (χ1) is 18.1. The third kappa shape index (κ3) is 4.77. The minimum atomic E-state index is -1.23. The van der Waals surface area contributed by atoms with Crippen molar-refractivity contribution in [2.24, 2.45) is 0 Å². The molecular formula is C27H20BrCl2N3O5. The van der Waals surface area contributed by atoms with Crippen LogP contribution in [0.25, 0.3) is 0 Å². The van der Waals surface area contributed by atoms with E-state index in [-0.39, 0.29) is 36.2 Å². The average molecular weight is 617 g/mol. The van der Waals surface area contributed by atoms with Crippen LogP contribution in [-0.2, 0) is 11.2 Å². The summed E-state index contributed by atoms with van der Waals surface area (Å²) in [6.45, 7) is 0.116. The van der Waals surface area contributed by atoms with Crippen LogP contribution in [0.4, 0.5) is 10.5 Å². The van der Waals surface area contributed by atoms with Gasteiger partial charge in [0, 0.05) is 45.5 Å². The Morgan fingerprint density at radius 1 is 0.974 bits per heavy atom. The summed E-state index contributed by atoms with van der Waals surface area (Å²) >= 11 is 15.7. The smallest absolute Gasteiger partial charge is 0.335 e. The van der Waals surface area contributed by atoms with Gasteiger partial charge in [0.2, 0.25) is 0 Å². The fourth-order valence-corrected chi connectivity index (χ4v) is 5.84. The van der Waals surface area contributed by atoms with E-state index in [2.05, 4.69) is 21.2 Å². The summed E-state index contributed by atoms with van der Waals surface area (Å²) in [5.74, 6) is -1.94. The zero-order valence-corrected chi connectivity index (χ0v) is 22.8. The molecule has 0 radical (unpaired) electrons. The molecular weight excluding hydrogens is 597 g/mol. The van der Waals surface area contributed by atoms with Crippen molar-refractivity contribution >= 4 is 68.6 Å². The Labute approximate surface area is 236 Å². The van der Waals surface area contributed by atoms with Gasteiger partial charge in [-0.05, 0) is 60.2 Å². The predicted octanol–water partition coefficient (Wildman–Crippen LogP) is 5.41. The highest BCUT2D eigenvalue weighted by Crippen LogP contribution is 2.43. The van der Waals surface area contributed by atoms with Gasteiger partial charge in [-0.25, -0.2) is 14.5 Å². The average Bonchev–Trinajstić information content (AvgIpc) is 3.31. The summed E-state index contributed by atoms with van der Waals surface area (Å²) in [4.78, 5) is 54.3. The first kappa shape index (κ1) is 26.2. The third-order valence-electron chi connectivity index (χ3n) is 6.77. The van der Waals surface area contributed by atoms with Crippen LogP contribution >= 0.6 is 39.1 Å². The van der Waals surface area contributed by atoms with Crippen LogP contribution in [0.15, 0.2) is 71.2 Å². The number of halogens is 3. The maximum Gasteiger partial charge on any atom is 0.335 e. The van der Waals surface area contributed by atoms with Crippen molar-refractivity contribution in [1.82, 2.24) is 10.2 Å². The largest absolute Gasteiger partial charge is 0.478 e. The maximum absolute atomic E-state index is 14.0. The van der Waals surface area contributed by atoms with Crippen molar-refractivity contribution in [3.8, 4) is 0 Å². The SMILES string of the molecule is O=C(O)c1ccc(C(=O)N[C@H]2CN3C(=O)N(c4cc(Cl)cc(Cl)c4)C(=O)[C@@]3(Cc3ccc(Br)cc3)C2)cc1. The summed E-state index contributed by atoms with van der Waals surface area (Å²) in [6.07, 6.45) is 0.437. The number of carboxylic acids is 1. The first-order valence-corrected chi connectivity index (χ1v) is 13.1. The Morgan fingerprint density at radius 2 is 1.58 bits per heavy atom. The highest BCUT2D eigenvalue weighted by Gasteiger charge is 2.62. The molecule has 0 bridgehead atoms. The number of rotatable bonds is 6. The maximum atomic E-state index is 14.0. The van der Waals surface area contributed by atoms with Gasteiger partial charge in [0.1, 0.15) is 5.54 Å². The number of anilines is 1. The molecule has 2 saturated heterocycles. The van der Waals surface area contributed by atoms with E-state index < -0.39 is 35.4 Å². The summed E-state index contributed by atoms with van der Waals surface area (Å²) in [5.41, 5.74) is 0.235. The molecule has 2 aliphatic heterocycles. The fourth-order valence-electron chi connectivity index (χ4n) is 5.07. The Balaban J connectivity index is 1.45. The number of hydrogen-bond acceptors (Lipinski definition) is 4. The second-order valence-corrected chi connectivity index (χ2v) is 11.0. The molecule has 0 aliphatic carbocycles. The summed E-state index contributed by atoms with van der Waals surface area (Å²) < 4.78 is 0.880. The van der Waals surface area contributed by atoms with E-state index in [4.69, 9.17) is 28.3 Å². The molecule has 11 heteroatoms. The van der Waals surface area contributed by atoms with Gasteiger partial charge in [-0.3, -0.25) is 9.59 Å². The number of nitrogens with one attached hydrogen (secondary N) is 1. The van der Waals surface area contributed by atoms with Crippen molar-refractivity contribution in [3.63, 3.8) is 0 Å². The number of carbonyl (C=O) groups excluding carboxylic acids is 3. The molecule has 3 aromatic rings. The van der Waals surface area contributed by atoms with Crippen LogP contribution in [-0.4, -0.2) is 51.9 Å². The Hall–Kier alpha value is -3.40. The summed E-state index contributed by atoms with van der Waals surface area (Å²) in [5, 5.41) is 12.6. The van der Waals surface area contributed by atoms with Crippen LogP contribution in [0.1, 0.15) is 32.7 Å². The normalized spacial score (nSPS) is 20.6. The number of urea groups is 1. The van der Waals surface area contributed by atoms with Crippen molar-refractivity contribution in [1.29, 1.82) is 0 Å². The highest BCUT2D eigenvalue weighted by molar-refractivity contribution is 9.10. The lowest BCUT2D eigenvalue weighted by molar-refractivity contribution is -0.124. The molecule has 8 nitrogen and oxygen atoms in total. The summed E-state index contributed by atoms with van der Waals surface area (Å²) in [6, 6.07) is 16.5. The molecule has 0 saturated carbocycles. The molecule has 2 fully saturated rings. The van der Waals surface area contributed by atoms with E-state index in [0.29, 0.717) is 10.0 Å². The number of hydrogen-bond donors (Lipinski definition) is 2. The molecule has 38 heavy (non-hydrogen) atoms. The Kier molecular flexibility index (Phi) is 6.94. The number of benzene rings is 3. The van der Waals surface area contributed by atoms with Crippen molar-refractivity contribution in [3.05, 3.63) is 97.9 Å². The number of carbonyl (C=O) groups is 4. The van der Waals surface area contributed by atoms with E-state index >= 15 is 0 Å². The molecule has 0 unspecified atom stereocenters. The number of carboxylic acid groups (broad SMARTS) is 1. The van der Waals surface area contributed by atoms with E-state index in [0.717, 1.165) is 14.9 Å². The van der Waals surface area contributed by atoms with Crippen LogP contribution in [0.3, 0.4) is 0 Å². The molecule has 2 aliphatic rings. The second-order valence-electron chi connectivity index (χ2n) is 9.25. The Bertz CT molecular complexity index is 1440. The van der Waals surface area contributed by atoms with Gasteiger partial charge in [-0.15, -0.1) is 0 Å². The number of amides is 4. The molecule has 0 spiro atoms. The lowest BCUT2D eigenvalue weighted by Gasteiger charge is -2.28. The minimum Gasteiger partial charge on any atom is -0.478 e. The van der Waals surface area contributed by atoms with Crippen LogP contribution < -0.4 is 10.2 Å². The Morgan fingerprint density at radius 3 is 2.18 bits per heavy atom. The number of aromatic carboxylic acids is 1. The molecule has 2 atom stereocenters. The topological polar surface area (TPSA) is 107 Å². The van der Waals surface area contributed by atoms with E-state index in [1.807, 2.05) is 24.3 Å². The molecule has 3 aromatic carbocycles. The zero-order chi connectivity index (χ0) is 27.2. The van der Waals surface area contributed by atoms with Gasteiger partial charge >= 0.3 is 12.0 Å². The quantitative estimate of drug-likeness (QED) is 0.360. The van der Waals surface area contributed by atoms with Gasteiger partial charge in [-0.1, -0.05) is 51.3 Å². The van der Waals surface area contributed by atoms with Gasteiger partial charge in [-0.2, -0.15) is 0 Å². The molecule has 194 valence electrons. The lowest BCUT2D eigenvalue weighted by atomic mass is 9.87. The van der Waals surface area contributed by atoms with Gasteiger partial charge < -0.3 is 15.3 Å². The van der Waals surface area contributed by atoms with Crippen LogP contribution in [0.2, 0.25) is 10.0 Å². The predicted molar refractivity (Wildman–Crippen MR) is 146 cm³/mol. The fraction of sp³-hybridized carbons (Fsp3) is 0.185. The highest BCUT2D eigenvalue weighted by atomic mass is 79.9. The second kappa shape index (κ2) is 10.1. The van der Waals surface area contributed by atoms with Crippen LogP contribution in [0.5, 0.6) is 0 Å². The van der Waals surface area contributed by atoms with Gasteiger partial charge in [0.05, 0.1) is 11.3 Å². The minimum absolute atomic E-state index is 0.0638. The molecule has 2 N–H and O–H groups in total. The number of fused-ring (bicyclic) bond motifs is 1. The number of imide groups is 1. The van der Waals surface area contributed by atoms with E-state index in [9.17, 15) is 19.2 Å². The standard InChI is InChI=1S/C27H20BrCl2N3O5/c28-18-7-1-15(2-8-18)12-27-13-21(31-23(34)16-3-5-17(6-4-16)24(35)36)14-32(27)26(38)33(25(27)37)22-10-19(29)9-20(30)11-22/h1-11,21H,12-14H2,(H,31,34)(H,35,36)/t21-,27-/m1/s1. The van der Waals surface area contributed by atoms with Crippen molar-refractivity contribution < 1.29 is 24.3 Å². The van der Waals surface area contributed by atoms with E-state index in [1.165, 1.54) is 47.4 Å². The third-order valence-corrected chi connectivity index (χ3v) is 7.74. The number of nitrogens with zero attached hydrogens (tertiary/aromatic N) is 2. The van der Waals surface area contributed by atoms with Crippen molar-refractivity contribution in [2.75, 3.05) is 11.4 Å². The summed E-state index contributed by atoms with van der Waals surface area (Å²) in [7, 11) is 0. The van der Waals surface area contributed by atoms with Crippen molar-refractivity contribution in [2.45, 2.75) is 24.4 Å². The zero-order valence-electron chi connectivity index (χ0n) is 19.7. The monoisotopic (exact) mass is 615 g/mol. The molecule has 4 amide bonds. The molecule has 0 aromatic heterocycles.